The van der Waals surface area contributed by atoms with Gasteiger partial charge in [-0.2, -0.15) is 0 Å². The molecule has 0 fully saturated rings. The molecular weight excluding hydrogens is 286 g/mol. The van der Waals surface area contributed by atoms with Gasteiger partial charge in [-0.1, -0.05) is 24.3 Å². The van der Waals surface area contributed by atoms with Crippen molar-refractivity contribution in [2.75, 3.05) is 28.3 Å². The molecular formula is C17H22ClNO2. The average Bonchev–Trinajstić information content (AvgIpc) is 2.46. The summed E-state index contributed by atoms with van der Waals surface area (Å²) in [6, 6.07) is 14.3. The molecule has 0 saturated heterocycles. The van der Waals surface area contributed by atoms with Gasteiger partial charge in [0.05, 0.1) is 14.2 Å². The lowest BCUT2D eigenvalue weighted by molar-refractivity contribution is 0.400. The van der Waals surface area contributed by atoms with Crippen molar-refractivity contribution in [3.8, 4) is 22.6 Å². The molecule has 0 bridgehead atoms. The van der Waals surface area contributed by atoms with Crippen LogP contribution in [0, 0.1) is 0 Å². The van der Waals surface area contributed by atoms with Crippen LogP contribution in [0.25, 0.3) is 11.1 Å². The number of hydrogen-bond donors (Lipinski definition) is 0. The van der Waals surface area contributed by atoms with Crippen LogP contribution in [0.15, 0.2) is 42.5 Å². The van der Waals surface area contributed by atoms with Gasteiger partial charge in [0.2, 0.25) is 0 Å². The molecule has 0 amide bonds. The van der Waals surface area contributed by atoms with Gasteiger partial charge in [-0.15, -0.1) is 12.4 Å². The monoisotopic (exact) mass is 307 g/mol. The van der Waals surface area contributed by atoms with Crippen molar-refractivity contribution in [3.63, 3.8) is 0 Å². The summed E-state index contributed by atoms with van der Waals surface area (Å²) in [5, 5.41) is 0. The van der Waals surface area contributed by atoms with Crippen LogP contribution in [0.4, 0.5) is 0 Å². The predicted molar refractivity (Wildman–Crippen MR) is 89.6 cm³/mol. The SMILES string of the molecule is COc1ccc(OC)c(-c2ccccc2CN(C)C)c1.Cl. The minimum atomic E-state index is 0. The van der Waals surface area contributed by atoms with Gasteiger partial charge in [0.15, 0.2) is 0 Å². The molecule has 0 saturated carbocycles. The zero-order chi connectivity index (χ0) is 14.5. The fourth-order valence-corrected chi connectivity index (χ4v) is 2.29. The van der Waals surface area contributed by atoms with Gasteiger partial charge in [0.25, 0.3) is 0 Å². The molecule has 0 radical (unpaired) electrons. The van der Waals surface area contributed by atoms with Crippen molar-refractivity contribution in [2.24, 2.45) is 0 Å². The maximum Gasteiger partial charge on any atom is 0.126 e. The molecule has 4 heteroatoms. The van der Waals surface area contributed by atoms with Gasteiger partial charge in [-0.3, -0.25) is 0 Å². The Labute approximate surface area is 132 Å². The molecule has 0 unspecified atom stereocenters. The first-order chi connectivity index (χ1) is 9.65. The van der Waals surface area contributed by atoms with E-state index in [1.807, 2.05) is 24.3 Å². The summed E-state index contributed by atoms with van der Waals surface area (Å²) >= 11 is 0. The second-order valence-electron chi connectivity index (χ2n) is 4.96. The van der Waals surface area contributed by atoms with Crippen LogP contribution < -0.4 is 9.47 Å². The molecule has 0 atom stereocenters. The Morgan fingerprint density at radius 1 is 0.905 bits per heavy atom. The van der Waals surface area contributed by atoms with Crippen LogP contribution in [0.5, 0.6) is 11.5 Å². The molecule has 0 spiro atoms. The minimum Gasteiger partial charge on any atom is -0.497 e. The van der Waals surface area contributed by atoms with Crippen LogP contribution in [-0.4, -0.2) is 33.2 Å². The van der Waals surface area contributed by atoms with E-state index in [4.69, 9.17) is 9.47 Å². The van der Waals surface area contributed by atoms with Crippen LogP contribution in [0.3, 0.4) is 0 Å². The van der Waals surface area contributed by atoms with E-state index in [9.17, 15) is 0 Å². The molecule has 0 N–H and O–H groups in total. The lowest BCUT2D eigenvalue weighted by Crippen LogP contribution is -2.11. The molecule has 21 heavy (non-hydrogen) atoms. The molecule has 0 aromatic heterocycles. The van der Waals surface area contributed by atoms with E-state index < -0.39 is 0 Å². The molecule has 0 aliphatic heterocycles. The quantitative estimate of drug-likeness (QED) is 0.837. The van der Waals surface area contributed by atoms with Crippen molar-refractivity contribution < 1.29 is 9.47 Å². The highest BCUT2D eigenvalue weighted by Crippen LogP contribution is 2.35. The van der Waals surface area contributed by atoms with Crippen LogP contribution in [0.2, 0.25) is 0 Å². The van der Waals surface area contributed by atoms with Gasteiger partial charge in [-0.25, -0.2) is 0 Å². The van der Waals surface area contributed by atoms with Crippen LogP contribution >= 0.6 is 12.4 Å². The molecule has 0 aliphatic carbocycles. The highest BCUT2D eigenvalue weighted by Gasteiger charge is 2.11. The molecule has 2 aromatic carbocycles. The number of rotatable bonds is 5. The topological polar surface area (TPSA) is 21.7 Å². The van der Waals surface area contributed by atoms with Crippen molar-refractivity contribution in [1.29, 1.82) is 0 Å². The standard InChI is InChI=1S/C17H21NO2.ClH/c1-18(2)12-13-7-5-6-8-15(13)16-11-14(19-3)9-10-17(16)20-4;/h5-11H,12H2,1-4H3;1H. The zero-order valence-corrected chi connectivity index (χ0v) is 13.7. The maximum absolute atomic E-state index is 5.49. The summed E-state index contributed by atoms with van der Waals surface area (Å²) in [5.74, 6) is 1.69. The van der Waals surface area contributed by atoms with E-state index >= 15 is 0 Å². The van der Waals surface area contributed by atoms with Gasteiger partial charge in [0.1, 0.15) is 11.5 Å². The van der Waals surface area contributed by atoms with Crippen molar-refractivity contribution in [3.05, 3.63) is 48.0 Å². The second-order valence-corrected chi connectivity index (χ2v) is 4.96. The first-order valence-corrected chi connectivity index (χ1v) is 6.60. The van der Waals surface area contributed by atoms with Crippen molar-refractivity contribution in [1.82, 2.24) is 4.90 Å². The van der Waals surface area contributed by atoms with Gasteiger partial charge in [0, 0.05) is 12.1 Å². The van der Waals surface area contributed by atoms with E-state index in [1.165, 1.54) is 11.1 Å². The molecule has 2 aromatic rings. The number of ether oxygens (including phenoxy) is 2. The third-order valence-electron chi connectivity index (χ3n) is 3.20. The summed E-state index contributed by atoms with van der Waals surface area (Å²) in [6.45, 7) is 0.885. The Bertz CT molecular complexity index is 585. The number of halogens is 1. The molecule has 3 nitrogen and oxygen atoms in total. The molecule has 114 valence electrons. The van der Waals surface area contributed by atoms with Gasteiger partial charge >= 0.3 is 0 Å². The van der Waals surface area contributed by atoms with E-state index in [0.29, 0.717) is 0 Å². The fraction of sp³-hybridized carbons (Fsp3) is 0.294. The number of benzene rings is 2. The van der Waals surface area contributed by atoms with E-state index in [0.717, 1.165) is 23.6 Å². The molecule has 0 heterocycles. The third kappa shape index (κ3) is 4.13. The smallest absolute Gasteiger partial charge is 0.126 e. The van der Waals surface area contributed by atoms with Crippen LogP contribution in [0.1, 0.15) is 5.56 Å². The Morgan fingerprint density at radius 3 is 2.24 bits per heavy atom. The summed E-state index contributed by atoms with van der Waals surface area (Å²) < 4.78 is 10.8. The maximum atomic E-state index is 5.49. The summed E-state index contributed by atoms with van der Waals surface area (Å²) in [6.07, 6.45) is 0. The Hall–Kier alpha value is -1.71. The largest absolute Gasteiger partial charge is 0.497 e. The Balaban J connectivity index is 0.00000220. The lowest BCUT2D eigenvalue weighted by atomic mass is 9.98. The summed E-state index contributed by atoms with van der Waals surface area (Å²) in [7, 11) is 7.51. The van der Waals surface area contributed by atoms with Crippen molar-refractivity contribution in [2.45, 2.75) is 6.54 Å². The molecule has 0 aliphatic rings. The highest BCUT2D eigenvalue weighted by atomic mass is 35.5. The summed E-state index contributed by atoms with van der Waals surface area (Å²) in [5.41, 5.74) is 3.50. The first kappa shape index (κ1) is 17.3. The second kappa shape index (κ2) is 7.91. The summed E-state index contributed by atoms with van der Waals surface area (Å²) in [4.78, 5) is 2.16. The predicted octanol–water partition coefficient (Wildman–Crippen LogP) is 3.85. The van der Waals surface area contributed by atoms with Crippen LogP contribution in [-0.2, 0) is 6.54 Å². The number of methoxy groups -OCH3 is 2. The average molecular weight is 308 g/mol. The van der Waals surface area contributed by atoms with E-state index in [1.54, 1.807) is 14.2 Å². The minimum absolute atomic E-state index is 0. The Morgan fingerprint density at radius 2 is 1.62 bits per heavy atom. The normalized spacial score (nSPS) is 10.1. The van der Waals surface area contributed by atoms with Crippen molar-refractivity contribution >= 4 is 12.4 Å². The zero-order valence-electron chi connectivity index (χ0n) is 12.9. The van der Waals surface area contributed by atoms with E-state index in [-0.39, 0.29) is 12.4 Å². The number of nitrogens with zero attached hydrogens (tertiary/aromatic N) is 1. The van der Waals surface area contributed by atoms with Gasteiger partial charge in [-0.05, 0) is 43.4 Å². The first-order valence-electron chi connectivity index (χ1n) is 6.60. The van der Waals surface area contributed by atoms with Gasteiger partial charge < -0.3 is 14.4 Å². The lowest BCUT2D eigenvalue weighted by Gasteiger charge is -2.17. The number of hydrogen-bond acceptors (Lipinski definition) is 3. The third-order valence-corrected chi connectivity index (χ3v) is 3.20. The highest BCUT2D eigenvalue weighted by molar-refractivity contribution is 5.85. The Kier molecular flexibility index (Phi) is 6.53. The molecule has 2 rings (SSSR count). The van der Waals surface area contributed by atoms with E-state index in [2.05, 4.69) is 37.2 Å². The fourth-order valence-electron chi connectivity index (χ4n) is 2.29.